The third-order valence-electron chi connectivity index (χ3n) is 2.74. The molecule has 106 valence electrons. The Morgan fingerprint density at radius 2 is 1.84 bits per heavy atom. The zero-order valence-electron chi connectivity index (χ0n) is 12.5. The molecule has 1 aromatic carbocycles. The predicted molar refractivity (Wildman–Crippen MR) is 77.5 cm³/mol. The number of benzene rings is 1. The summed E-state index contributed by atoms with van der Waals surface area (Å²) < 4.78 is 5.13. The highest BCUT2D eigenvalue weighted by Crippen LogP contribution is 2.16. The Labute approximate surface area is 115 Å². The van der Waals surface area contributed by atoms with Crippen LogP contribution in [0.4, 0.5) is 0 Å². The van der Waals surface area contributed by atoms with Crippen LogP contribution < -0.4 is 10.1 Å². The summed E-state index contributed by atoms with van der Waals surface area (Å²) in [5.74, 6) is 0.890. The molecule has 19 heavy (non-hydrogen) atoms. The number of amides is 1. The number of methoxy groups -OCH3 is 1. The third-order valence-corrected chi connectivity index (χ3v) is 2.74. The minimum Gasteiger partial charge on any atom is -0.497 e. The van der Waals surface area contributed by atoms with Crippen molar-refractivity contribution in [3.05, 3.63) is 29.8 Å². The highest BCUT2D eigenvalue weighted by Gasteiger charge is 2.21. The number of nitrogens with zero attached hydrogens (tertiary/aromatic N) is 1. The van der Waals surface area contributed by atoms with E-state index in [1.165, 1.54) is 5.56 Å². The molecule has 0 spiro atoms. The van der Waals surface area contributed by atoms with Crippen LogP contribution in [-0.4, -0.2) is 44.1 Å². The number of ether oxygens (including phenoxy) is 1. The first kappa shape index (κ1) is 15.5. The van der Waals surface area contributed by atoms with Crippen LogP contribution >= 0.6 is 0 Å². The van der Waals surface area contributed by atoms with Gasteiger partial charge in [0.15, 0.2) is 0 Å². The Bertz CT molecular complexity index is 411. The predicted octanol–water partition coefficient (Wildman–Crippen LogP) is 1.69. The van der Waals surface area contributed by atoms with Gasteiger partial charge in [-0.2, -0.15) is 0 Å². The van der Waals surface area contributed by atoms with Gasteiger partial charge in [-0.3, -0.25) is 4.79 Å². The summed E-state index contributed by atoms with van der Waals surface area (Å²) in [6, 6.07) is 7.93. The maximum atomic E-state index is 11.8. The Morgan fingerprint density at radius 1 is 1.26 bits per heavy atom. The highest BCUT2D eigenvalue weighted by molar-refractivity contribution is 5.78. The summed E-state index contributed by atoms with van der Waals surface area (Å²) in [7, 11) is 5.42. The first-order valence-corrected chi connectivity index (χ1v) is 6.41. The van der Waals surface area contributed by atoms with Crippen LogP contribution in [0, 0.1) is 0 Å². The van der Waals surface area contributed by atoms with Crippen molar-refractivity contribution in [2.45, 2.75) is 25.8 Å². The van der Waals surface area contributed by atoms with E-state index in [0.717, 1.165) is 12.2 Å². The molecule has 0 heterocycles. The second-order valence-electron chi connectivity index (χ2n) is 5.69. The lowest BCUT2D eigenvalue weighted by Crippen LogP contribution is -2.48. The quantitative estimate of drug-likeness (QED) is 0.850. The second kappa shape index (κ2) is 6.57. The fraction of sp³-hybridized carbons (Fsp3) is 0.533. The Hall–Kier alpha value is -1.55. The molecule has 4 heteroatoms. The molecule has 0 aliphatic rings. The van der Waals surface area contributed by atoms with E-state index < -0.39 is 0 Å². The fourth-order valence-corrected chi connectivity index (χ4v) is 2.00. The number of rotatable bonds is 6. The van der Waals surface area contributed by atoms with E-state index in [9.17, 15) is 4.79 Å². The van der Waals surface area contributed by atoms with Gasteiger partial charge in [-0.15, -0.1) is 0 Å². The number of likely N-dealkylation sites (N-methyl/N-ethyl adjacent to an activating group) is 1. The normalized spacial score (nSPS) is 11.5. The van der Waals surface area contributed by atoms with E-state index in [1.54, 1.807) is 7.11 Å². The van der Waals surface area contributed by atoms with Gasteiger partial charge in [-0.05, 0) is 52.1 Å². The van der Waals surface area contributed by atoms with E-state index in [-0.39, 0.29) is 11.4 Å². The average Bonchev–Trinajstić information content (AvgIpc) is 2.27. The van der Waals surface area contributed by atoms with Gasteiger partial charge in [0, 0.05) is 5.54 Å². The van der Waals surface area contributed by atoms with Gasteiger partial charge in [-0.1, -0.05) is 12.1 Å². The smallest absolute Gasteiger partial charge is 0.234 e. The van der Waals surface area contributed by atoms with Crippen molar-refractivity contribution in [2.24, 2.45) is 0 Å². The Morgan fingerprint density at radius 3 is 2.32 bits per heavy atom. The van der Waals surface area contributed by atoms with Gasteiger partial charge in [0.05, 0.1) is 13.7 Å². The summed E-state index contributed by atoms with van der Waals surface area (Å²) >= 11 is 0. The first-order chi connectivity index (χ1) is 8.82. The highest BCUT2D eigenvalue weighted by atomic mass is 16.5. The maximum absolute atomic E-state index is 11.8. The average molecular weight is 264 g/mol. The molecule has 4 nitrogen and oxygen atoms in total. The van der Waals surface area contributed by atoms with Gasteiger partial charge < -0.3 is 15.0 Å². The van der Waals surface area contributed by atoms with Gasteiger partial charge in [0.1, 0.15) is 5.75 Å². The number of hydrogen-bond donors (Lipinski definition) is 1. The van der Waals surface area contributed by atoms with E-state index in [1.807, 2.05) is 57.1 Å². The summed E-state index contributed by atoms with van der Waals surface area (Å²) in [4.78, 5) is 13.6. The molecule has 0 saturated heterocycles. The van der Waals surface area contributed by atoms with Crippen LogP contribution in [0.25, 0.3) is 0 Å². The van der Waals surface area contributed by atoms with E-state index in [4.69, 9.17) is 4.74 Å². The van der Waals surface area contributed by atoms with Crippen molar-refractivity contribution in [1.82, 2.24) is 10.2 Å². The molecule has 1 amide bonds. The van der Waals surface area contributed by atoms with Crippen LogP contribution in [0.3, 0.4) is 0 Å². The van der Waals surface area contributed by atoms with Crippen molar-refractivity contribution >= 4 is 5.91 Å². The van der Waals surface area contributed by atoms with Crippen LogP contribution in [0.5, 0.6) is 5.75 Å². The third kappa shape index (κ3) is 5.75. The molecule has 0 atom stereocenters. The minimum absolute atomic E-state index is 0.0449. The van der Waals surface area contributed by atoms with Crippen molar-refractivity contribution < 1.29 is 9.53 Å². The summed E-state index contributed by atoms with van der Waals surface area (Å²) in [5, 5.41) is 3.05. The van der Waals surface area contributed by atoms with E-state index in [2.05, 4.69) is 5.32 Å². The Kier molecular flexibility index (Phi) is 5.36. The largest absolute Gasteiger partial charge is 0.497 e. The summed E-state index contributed by atoms with van der Waals surface area (Å²) in [6.07, 6.45) is 0.788. The monoisotopic (exact) mass is 264 g/mol. The van der Waals surface area contributed by atoms with Crippen LogP contribution in [0.2, 0.25) is 0 Å². The zero-order chi connectivity index (χ0) is 14.5. The number of hydrogen-bond acceptors (Lipinski definition) is 3. The number of nitrogens with one attached hydrogen (secondary N) is 1. The van der Waals surface area contributed by atoms with Gasteiger partial charge in [-0.25, -0.2) is 0 Å². The zero-order valence-corrected chi connectivity index (χ0v) is 12.5. The molecule has 0 aliphatic heterocycles. The first-order valence-electron chi connectivity index (χ1n) is 6.41. The molecule has 1 rings (SSSR count). The molecule has 0 unspecified atom stereocenters. The lowest BCUT2D eigenvalue weighted by Gasteiger charge is -2.27. The van der Waals surface area contributed by atoms with E-state index >= 15 is 0 Å². The molecular formula is C15H24N2O2. The molecule has 0 saturated carbocycles. The van der Waals surface area contributed by atoms with Gasteiger partial charge >= 0.3 is 0 Å². The van der Waals surface area contributed by atoms with Gasteiger partial charge in [0.2, 0.25) is 5.91 Å². The number of carbonyl (C=O) groups excluding carboxylic acids is 1. The molecule has 0 fully saturated rings. The van der Waals surface area contributed by atoms with Crippen LogP contribution in [0.15, 0.2) is 24.3 Å². The molecule has 0 bridgehead atoms. The molecule has 0 radical (unpaired) electrons. The van der Waals surface area contributed by atoms with Crippen LogP contribution in [-0.2, 0) is 11.2 Å². The van der Waals surface area contributed by atoms with Crippen molar-refractivity contribution in [3.63, 3.8) is 0 Å². The minimum atomic E-state index is -0.262. The fourth-order valence-electron chi connectivity index (χ4n) is 2.00. The molecular weight excluding hydrogens is 240 g/mol. The SMILES string of the molecule is COc1ccc(CC(C)(C)NC(=O)CN(C)C)cc1. The summed E-state index contributed by atoms with van der Waals surface area (Å²) in [5.41, 5.74) is 0.915. The van der Waals surface area contributed by atoms with E-state index in [0.29, 0.717) is 6.54 Å². The van der Waals surface area contributed by atoms with Crippen molar-refractivity contribution in [1.29, 1.82) is 0 Å². The van der Waals surface area contributed by atoms with Gasteiger partial charge in [0.25, 0.3) is 0 Å². The lowest BCUT2D eigenvalue weighted by atomic mass is 9.95. The van der Waals surface area contributed by atoms with Crippen molar-refractivity contribution in [2.75, 3.05) is 27.7 Å². The molecule has 0 aromatic heterocycles. The topological polar surface area (TPSA) is 41.6 Å². The second-order valence-corrected chi connectivity index (χ2v) is 5.69. The maximum Gasteiger partial charge on any atom is 0.234 e. The molecule has 1 N–H and O–H groups in total. The number of carbonyl (C=O) groups is 1. The summed E-state index contributed by atoms with van der Waals surface area (Å²) in [6.45, 7) is 4.47. The Balaban J connectivity index is 2.59. The lowest BCUT2D eigenvalue weighted by molar-refractivity contribution is -0.123. The van der Waals surface area contributed by atoms with Crippen molar-refractivity contribution in [3.8, 4) is 5.75 Å². The van der Waals surface area contributed by atoms with Crippen LogP contribution in [0.1, 0.15) is 19.4 Å². The standard InChI is InChI=1S/C15H24N2O2/c1-15(2,16-14(18)11-17(3)4)10-12-6-8-13(19-5)9-7-12/h6-9H,10-11H2,1-5H3,(H,16,18). The molecule has 0 aliphatic carbocycles. The molecule has 1 aromatic rings.